The van der Waals surface area contributed by atoms with Crippen molar-refractivity contribution in [1.82, 2.24) is 25.1 Å². The highest BCUT2D eigenvalue weighted by molar-refractivity contribution is 7.07. The molecule has 0 unspecified atom stereocenters. The molecule has 1 aliphatic heterocycles. The number of thiazole rings is 1. The Morgan fingerprint density at radius 1 is 1.50 bits per heavy atom. The zero-order valence-corrected chi connectivity index (χ0v) is 15.1. The molecule has 0 radical (unpaired) electrons. The van der Waals surface area contributed by atoms with Crippen LogP contribution in [0.25, 0.3) is 0 Å². The minimum Gasteiger partial charge on any atom is -0.367 e. The van der Waals surface area contributed by atoms with E-state index in [4.69, 9.17) is 4.74 Å². The number of aryl methyl sites for hydroxylation is 1. The largest absolute Gasteiger partial charge is 0.367 e. The molecule has 0 aromatic carbocycles. The van der Waals surface area contributed by atoms with Crippen molar-refractivity contribution >= 4 is 17.2 Å². The van der Waals surface area contributed by atoms with Crippen LogP contribution in [0.15, 0.2) is 10.9 Å². The summed E-state index contributed by atoms with van der Waals surface area (Å²) in [7, 11) is 0. The van der Waals surface area contributed by atoms with Crippen molar-refractivity contribution in [2.24, 2.45) is 0 Å². The predicted molar refractivity (Wildman–Crippen MR) is 90.8 cm³/mol. The average Bonchev–Trinajstić information content (AvgIpc) is 3.23. The van der Waals surface area contributed by atoms with Crippen LogP contribution in [0.4, 0.5) is 0 Å². The summed E-state index contributed by atoms with van der Waals surface area (Å²) in [6, 6.07) is 0. The maximum Gasteiger partial charge on any atom is 0.223 e. The van der Waals surface area contributed by atoms with Crippen molar-refractivity contribution in [3.05, 3.63) is 28.2 Å². The highest BCUT2D eigenvalue weighted by Gasteiger charge is 2.29. The van der Waals surface area contributed by atoms with Crippen molar-refractivity contribution in [2.45, 2.75) is 45.1 Å². The molecule has 0 spiro atoms. The minimum absolute atomic E-state index is 0.119. The van der Waals surface area contributed by atoms with Gasteiger partial charge in [0.25, 0.3) is 0 Å². The zero-order valence-electron chi connectivity index (χ0n) is 14.3. The number of rotatable bonds is 4. The van der Waals surface area contributed by atoms with Gasteiger partial charge in [-0.1, -0.05) is 20.8 Å². The van der Waals surface area contributed by atoms with Gasteiger partial charge in [0.1, 0.15) is 6.10 Å². The number of nitrogens with zero attached hydrogens (tertiary/aromatic N) is 4. The van der Waals surface area contributed by atoms with E-state index in [0.29, 0.717) is 38.4 Å². The number of ether oxygens (including phenoxy) is 1. The number of aromatic amines is 1. The van der Waals surface area contributed by atoms with Crippen LogP contribution in [0, 0.1) is 0 Å². The molecule has 0 saturated carbocycles. The number of amides is 1. The van der Waals surface area contributed by atoms with Crippen LogP contribution in [0.5, 0.6) is 0 Å². The monoisotopic (exact) mass is 349 g/mol. The number of carbonyl (C=O) groups excluding carboxylic acids is 1. The molecule has 24 heavy (non-hydrogen) atoms. The lowest BCUT2D eigenvalue weighted by Gasteiger charge is -2.32. The van der Waals surface area contributed by atoms with Crippen LogP contribution >= 0.6 is 11.3 Å². The van der Waals surface area contributed by atoms with Crippen molar-refractivity contribution in [3.8, 4) is 0 Å². The Morgan fingerprint density at radius 3 is 3.00 bits per heavy atom. The first-order valence-corrected chi connectivity index (χ1v) is 9.07. The van der Waals surface area contributed by atoms with E-state index >= 15 is 0 Å². The molecule has 1 fully saturated rings. The maximum absolute atomic E-state index is 12.4. The van der Waals surface area contributed by atoms with E-state index in [-0.39, 0.29) is 17.4 Å². The summed E-state index contributed by atoms with van der Waals surface area (Å²) >= 11 is 1.55. The summed E-state index contributed by atoms with van der Waals surface area (Å²) < 4.78 is 5.78. The SMILES string of the molecule is CC(C)(C)c1n[nH]c([C@@H]2CN(C(=O)CCc3cscn3)CCO2)n1. The van der Waals surface area contributed by atoms with Gasteiger partial charge in [0.05, 0.1) is 24.4 Å². The van der Waals surface area contributed by atoms with Crippen molar-refractivity contribution in [1.29, 1.82) is 0 Å². The molecule has 1 amide bonds. The zero-order chi connectivity index (χ0) is 17.2. The fraction of sp³-hybridized carbons (Fsp3) is 0.625. The van der Waals surface area contributed by atoms with E-state index in [1.54, 1.807) is 16.8 Å². The van der Waals surface area contributed by atoms with Gasteiger partial charge in [0.2, 0.25) is 5.91 Å². The Balaban J connectivity index is 1.59. The van der Waals surface area contributed by atoms with Gasteiger partial charge >= 0.3 is 0 Å². The Bertz CT molecular complexity index is 677. The van der Waals surface area contributed by atoms with E-state index < -0.39 is 0 Å². The lowest BCUT2D eigenvalue weighted by atomic mass is 9.96. The predicted octanol–water partition coefficient (Wildman–Crippen LogP) is 2.09. The number of hydrogen-bond acceptors (Lipinski definition) is 6. The number of H-pyrrole nitrogens is 1. The molecule has 7 nitrogen and oxygen atoms in total. The molecule has 1 saturated heterocycles. The molecule has 3 rings (SSSR count). The Kier molecular flexibility index (Phi) is 4.96. The third-order valence-corrected chi connectivity index (χ3v) is 4.61. The highest BCUT2D eigenvalue weighted by atomic mass is 32.1. The molecular formula is C16H23N5O2S. The summed E-state index contributed by atoms with van der Waals surface area (Å²) in [6.07, 6.45) is 0.909. The van der Waals surface area contributed by atoms with E-state index in [9.17, 15) is 4.79 Å². The second-order valence-corrected chi connectivity index (χ2v) is 7.69. The Labute approximate surface area is 145 Å². The van der Waals surface area contributed by atoms with Gasteiger partial charge in [-0.15, -0.1) is 11.3 Å². The maximum atomic E-state index is 12.4. The number of hydrogen-bond donors (Lipinski definition) is 1. The van der Waals surface area contributed by atoms with Gasteiger partial charge in [0.15, 0.2) is 11.6 Å². The molecule has 2 aromatic rings. The summed E-state index contributed by atoms with van der Waals surface area (Å²) in [4.78, 5) is 23.1. The third kappa shape index (κ3) is 3.99. The quantitative estimate of drug-likeness (QED) is 0.914. The topological polar surface area (TPSA) is 84.0 Å². The van der Waals surface area contributed by atoms with E-state index in [1.165, 1.54) is 0 Å². The van der Waals surface area contributed by atoms with E-state index in [0.717, 1.165) is 11.5 Å². The van der Waals surface area contributed by atoms with Gasteiger partial charge in [-0.3, -0.25) is 9.89 Å². The smallest absolute Gasteiger partial charge is 0.223 e. The van der Waals surface area contributed by atoms with Gasteiger partial charge in [-0.2, -0.15) is 5.10 Å². The first kappa shape index (κ1) is 17.0. The second-order valence-electron chi connectivity index (χ2n) is 6.97. The molecule has 1 atom stereocenters. The number of carbonyl (C=O) groups is 1. The molecule has 1 aliphatic rings. The van der Waals surface area contributed by atoms with Gasteiger partial charge < -0.3 is 9.64 Å². The van der Waals surface area contributed by atoms with E-state index in [2.05, 4.69) is 40.9 Å². The average molecular weight is 349 g/mol. The number of nitrogens with one attached hydrogen (secondary N) is 1. The van der Waals surface area contributed by atoms with Gasteiger partial charge in [0, 0.05) is 23.8 Å². The van der Waals surface area contributed by atoms with Crippen molar-refractivity contribution in [3.63, 3.8) is 0 Å². The summed E-state index contributed by atoms with van der Waals surface area (Å²) in [6.45, 7) is 7.84. The van der Waals surface area contributed by atoms with Crippen molar-refractivity contribution < 1.29 is 9.53 Å². The van der Waals surface area contributed by atoms with Gasteiger partial charge in [-0.25, -0.2) is 9.97 Å². The normalized spacial score (nSPS) is 18.8. The molecule has 0 aliphatic carbocycles. The molecule has 0 bridgehead atoms. The van der Waals surface area contributed by atoms with Crippen LogP contribution in [0.2, 0.25) is 0 Å². The molecule has 1 N–H and O–H groups in total. The van der Waals surface area contributed by atoms with Crippen LogP contribution in [-0.2, 0) is 21.4 Å². The molecule has 2 aromatic heterocycles. The first-order valence-electron chi connectivity index (χ1n) is 8.12. The molecule has 130 valence electrons. The van der Waals surface area contributed by atoms with E-state index in [1.807, 2.05) is 10.3 Å². The Morgan fingerprint density at radius 2 is 2.33 bits per heavy atom. The fourth-order valence-corrected chi connectivity index (χ4v) is 3.14. The fourth-order valence-electron chi connectivity index (χ4n) is 2.55. The van der Waals surface area contributed by atoms with Crippen LogP contribution in [-0.4, -0.2) is 50.7 Å². The highest BCUT2D eigenvalue weighted by Crippen LogP contribution is 2.23. The minimum atomic E-state index is -0.245. The number of aromatic nitrogens is 4. The molecule has 8 heteroatoms. The van der Waals surface area contributed by atoms with Crippen LogP contribution in [0.3, 0.4) is 0 Å². The van der Waals surface area contributed by atoms with Gasteiger partial charge in [-0.05, 0) is 6.42 Å². The van der Waals surface area contributed by atoms with Crippen LogP contribution < -0.4 is 0 Å². The first-order chi connectivity index (χ1) is 11.4. The molecular weight excluding hydrogens is 326 g/mol. The van der Waals surface area contributed by atoms with Crippen molar-refractivity contribution in [2.75, 3.05) is 19.7 Å². The Hall–Kier alpha value is -1.80. The lowest BCUT2D eigenvalue weighted by Crippen LogP contribution is -2.42. The number of morpholine rings is 1. The summed E-state index contributed by atoms with van der Waals surface area (Å²) in [5.74, 6) is 1.58. The lowest BCUT2D eigenvalue weighted by molar-refractivity contribution is -0.139. The second kappa shape index (κ2) is 6.98. The van der Waals surface area contributed by atoms with Crippen LogP contribution in [0.1, 0.15) is 50.6 Å². The standard InChI is InChI=1S/C16H23N5O2S/c1-16(2,3)15-18-14(19-20-15)12-8-21(6-7-23-12)13(22)5-4-11-9-24-10-17-11/h9-10,12H,4-8H2,1-3H3,(H,18,19,20)/t12-/m0/s1. The summed E-state index contributed by atoms with van der Waals surface area (Å²) in [5, 5.41) is 9.22. The third-order valence-electron chi connectivity index (χ3n) is 3.98. The summed E-state index contributed by atoms with van der Waals surface area (Å²) in [5.41, 5.74) is 2.65. The molecule has 3 heterocycles.